The molecule has 0 saturated heterocycles. The predicted molar refractivity (Wildman–Crippen MR) is 239 cm³/mol. The first kappa shape index (κ1) is 32.5. The van der Waals surface area contributed by atoms with Gasteiger partial charge in [0.15, 0.2) is 0 Å². The minimum absolute atomic E-state index is 0.656. The number of benzene rings is 9. The largest absolute Gasteiger partial charge is 0.455 e. The molecule has 3 heteroatoms. The van der Waals surface area contributed by atoms with Gasteiger partial charge < -0.3 is 9.32 Å². The molecule has 0 spiro atoms. The van der Waals surface area contributed by atoms with Crippen LogP contribution in [-0.2, 0) is 6.54 Å². The van der Waals surface area contributed by atoms with E-state index in [1.807, 2.05) is 17.4 Å². The fourth-order valence-corrected chi connectivity index (χ4v) is 9.76. The minimum atomic E-state index is 0.656. The highest BCUT2D eigenvalue weighted by molar-refractivity contribution is 7.25. The van der Waals surface area contributed by atoms with Crippen molar-refractivity contribution in [2.45, 2.75) is 6.54 Å². The van der Waals surface area contributed by atoms with Gasteiger partial charge in [0, 0.05) is 65.6 Å². The Hall–Kier alpha value is -6.94. The summed E-state index contributed by atoms with van der Waals surface area (Å²) in [5, 5.41) is 7.36. The number of thiophene rings is 1. The van der Waals surface area contributed by atoms with E-state index in [1.165, 1.54) is 58.8 Å². The van der Waals surface area contributed by atoms with E-state index in [0.717, 1.165) is 44.4 Å². The Balaban J connectivity index is 1.12. The normalized spacial score (nSPS) is 11.6. The lowest BCUT2D eigenvalue weighted by Crippen LogP contribution is -2.18. The summed E-state index contributed by atoms with van der Waals surface area (Å²) in [4.78, 5) is 2.51. The number of para-hydroxylation sites is 4. The summed E-state index contributed by atoms with van der Waals surface area (Å²) >= 11 is 1.87. The molecule has 0 radical (unpaired) electrons. The maximum atomic E-state index is 6.64. The van der Waals surface area contributed by atoms with Crippen LogP contribution in [0.15, 0.2) is 205 Å². The van der Waals surface area contributed by atoms with Crippen LogP contribution in [0, 0.1) is 0 Å². The van der Waals surface area contributed by atoms with Crippen LogP contribution >= 0.6 is 11.3 Å². The standard InChI is InChI=1S/C53H35NOS/c1-2-19-38-36(16-1)17-12-25-40(38)41-20-3-7-28-47(41)54(48-29-8-4-21-42(48)44-26-13-27-45-43-22-5-9-30-49(43)55-53(44)45)34-35-15-11-18-37(33-35)39-24-14-32-51-52(39)46-23-6-10-31-50(46)56-51/h1-33H,34H2. The molecule has 11 aromatic rings. The second-order valence-electron chi connectivity index (χ2n) is 14.4. The number of hydrogen-bond acceptors (Lipinski definition) is 3. The minimum Gasteiger partial charge on any atom is -0.455 e. The Morgan fingerprint density at radius 1 is 0.411 bits per heavy atom. The van der Waals surface area contributed by atoms with Crippen molar-refractivity contribution in [1.29, 1.82) is 0 Å². The first-order valence-corrected chi connectivity index (χ1v) is 19.9. The molecule has 0 bridgehead atoms. The van der Waals surface area contributed by atoms with Crippen molar-refractivity contribution in [1.82, 2.24) is 0 Å². The van der Waals surface area contributed by atoms with Gasteiger partial charge in [0.1, 0.15) is 11.2 Å². The molecule has 9 aromatic carbocycles. The van der Waals surface area contributed by atoms with Gasteiger partial charge in [-0.3, -0.25) is 0 Å². The topological polar surface area (TPSA) is 16.4 Å². The number of nitrogens with zero attached hydrogens (tertiary/aromatic N) is 1. The lowest BCUT2D eigenvalue weighted by molar-refractivity contribution is 0.670. The predicted octanol–water partition coefficient (Wildman–Crippen LogP) is 15.4. The fraction of sp³-hybridized carbons (Fsp3) is 0.0189. The number of rotatable bonds is 7. The number of fused-ring (bicyclic) bond motifs is 7. The second kappa shape index (κ2) is 13.4. The van der Waals surface area contributed by atoms with Crippen LogP contribution in [0.4, 0.5) is 11.4 Å². The van der Waals surface area contributed by atoms with E-state index < -0.39 is 0 Å². The van der Waals surface area contributed by atoms with Gasteiger partial charge in [-0.25, -0.2) is 0 Å². The van der Waals surface area contributed by atoms with Gasteiger partial charge in [-0.05, 0) is 69.4 Å². The molecule has 0 unspecified atom stereocenters. The third-order valence-corrected chi connectivity index (χ3v) is 12.3. The van der Waals surface area contributed by atoms with E-state index in [-0.39, 0.29) is 0 Å². The van der Waals surface area contributed by atoms with Gasteiger partial charge in [-0.2, -0.15) is 0 Å². The molecule has 0 saturated carbocycles. The summed E-state index contributed by atoms with van der Waals surface area (Å²) in [5.41, 5.74) is 12.4. The first-order chi connectivity index (χ1) is 27.8. The van der Waals surface area contributed by atoms with Crippen molar-refractivity contribution in [3.05, 3.63) is 206 Å². The summed E-state index contributed by atoms with van der Waals surface area (Å²) in [6.45, 7) is 0.656. The second-order valence-corrected chi connectivity index (χ2v) is 15.5. The van der Waals surface area contributed by atoms with Gasteiger partial charge in [0.2, 0.25) is 0 Å². The maximum Gasteiger partial charge on any atom is 0.143 e. The Morgan fingerprint density at radius 3 is 1.86 bits per heavy atom. The monoisotopic (exact) mass is 733 g/mol. The highest BCUT2D eigenvalue weighted by Gasteiger charge is 2.22. The smallest absolute Gasteiger partial charge is 0.143 e. The molecule has 0 fully saturated rings. The van der Waals surface area contributed by atoms with Crippen LogP contribution in [0.5, 0.6) is 0 Å². The molecule has 0 amide bonds. The van der Waals surface area contributed by atoms with Gasteiger partial charge in [0.25, 0.3) is 0 Å². The molecule has 11 rings (SSSR count). The molecule has 2 heterocycles. The van der Waals surface area contributed by atoms with Crippen LogP contribution in [0.25, 0.3) is 86.3 Å². The molecule has 2 aromatic heterocycles. The Labute approximate surface area is 329 Å². The molecule has 0 atom stereocenters. The average Bonchev–Trinajstić information content (AvgIpc) is 3.84. The van der Waals surface area contributed by atoms with Gasteiger partial charge in [-0.1, -0.05) is 164 Å². The molecule has 56 heavy (non-hydrogen) atoms. The van der Waals surface area contributed by atoms with Crippen molar-refractivity contribution >= 4 is 75.6 Å². The summed E-state index contributed by atoms with van der Waals surface area (Å²) in [5.74, 6) is 0. The van der Waals surface area contributed by atoms with Crippen LogP contribution in [-0.4, -0.2) is 0 Å². The van der Waals surface area contributed by atoms with Gasteiger partial charge in [0.05, 0.1) is 0 Å². The van der Waals surface area contributed by atoms with Gasteiger partial charge >= 0.3 is 0 Å². The average molecular weight is 734 g/mol. The van der Waals surface area contributed by atoms with E-state index in [1.54, 1.807) is 0 Å². The zero-order valence-corrected chi connectivity index (χ0v) is 31.3. The van der Waals surface area contributed by atoms with Gasteiger partial charge in [-0.15, -0.1) is 11.3 Å². The summed E-state index contributed by atoms with van der Waals surface area (Å²) in [7, 11) is 0. The third kappa shape index (κ3) is 5.39. The highest BCUT2D eigenvalue weighted by Crippen LogP contribution is 2.46. The van der Waals surface area contributed by atoms with Crippen molar-refractivity contribution in [3.8, 4) is 33.4 Å². The molecule has 0 aliphatic rings. The summed E-state index contributed by atoms with van der Waals surface area (Å²) in [6, 6.07) is 72.5. The highest BCUT2D eigenvalue weighted by atomic mass is 32.1. The van der Waals surface area contributed by atoms with E-state index in [0.29, 0.717) is 6.54 Å². The third-order valence-electron chi connectivity index (χ3n) is 11.1. The zero-order chi connectivity index (χ0) is 37.0. The van der Waals surface area contributed by atoms with Crippen LogP contribution in [0.1, 0.15) is 5.56 Å². The molecule has 264 valence electrons. The molecule has 0 N–H and O–H groups in total. The Bertz CT molecular complexity index is 3250. The molecule has 0 aliphatic carbocycles. The van der Waals surface area contributed by atoms with Crippen molar-refractivity contribution in [2.75, 3.05) is 4.90 Å². The quantitative estimate of drug-likeness (QED) is 0.162. The molecular formula is C53H35NOS. The zero-order valence-electron chi connectivity index (χ0n) is 30.5. The fourth-order valence-electron chi connectivity index (χ4n) is 8.63. The molecule has 2 nitrogen and oxygen atoms in total. The van der Waals surface area contributed by atoms with E-state index >= 15 is 0 Å². The van der Waals surface area contributed by atoms with Crippen LogP contribution in [0.3, 0.4) is 0 Å². The Morgan fingerprint density at radius 2 is 0.982 bits per heavy atom. The van der Waals surface area contributed by atoms with Crippen molar-refractivity contribution < 1.29 is 4.42 Å². The Kier molecular flexibility index (Phi) is 7.78. The van der Waals surface area contributed by atoms with E-state index in [9.17, 15) is 0 Å². The lowest BCUT2D eigenvalue weighted by atomic mass is 9.94. The molecular weight excluding hydrogens is 699 g/mol. The molecule has 0 aliphatic heterocycles. The SMILES string of the molecule is c1cc(CN(c2ccccc2-c2cccc3ccccc23)c2ccccc2-c2cccc3c2oc2ccccc23)cc(-c2cccc3sc4ccccc4c23)c1. The number of anilines is 2. The first-order valence-electron chi connectivity index (χ1n) is 19.1. The van der Waals surface area contributed by atoms with Crippen LogP contribution < -0.4 is 4.90 Å². The summed E-state index contributed by atoms with van der Waals surface area (Å²) in [6.07, 6.45) is 0. The maximum absolute atomic E-state index is 6.64. The van der Waals surface area contributed by atoms with E-state index in [4.69, 9.17) is 4.42 Å². The summed E-state index contributed by atoms with van der Waals surface area (Å²) < 4.78 is 9.28. The van der Waals surface area contributed by atoms with Crippen molar-refractivity contribution in [2.24, 2.45) is 0 Å². The van der Waals surface area contributed by atoms with E-state index in [2.05, 4.69) is 199 Å². The lowest BCUT2D eigenvalue weighted by Gasteiger charge is -2.30. The number of furan rings is 1. The number of hydrogen-bond donors (Lipinski definition) is 0. The van der Waals surface area contributed by atoms with Crippen LogP contribution in [0.2, 0.25) is 0 Å². The van der Waals surface area contributed by atoms with Crippen molar-refractivity contribution in [3.63, 3.8) is 0 Å².